The molecule has 0 aliphatic carbocycles. The van der Waals surface area contributed by atoms with Crippen LogP contribution in [0, 0.1) is 13.8 Å². The van der Waals surface area contributed by atoms with Crippen molar-refractivity contribution in [2.45, 2.75) is 40.0 Å². The molecule has 0 amide bonds. The normalized spacial score (nSPS) is 19.9. The van der Waals surface area contributed by atoms with Crippen LogP contribution in [-0.2, 0) is 0 Å². The maximum absolute atomic E-state index is 4.67. The highest BCUT2D eigenvalue weighted by atomic mass is 14.7. The molecular formula is C16H21N. The molecule has 0 spiro atoms. The molecule has 0 saturated carbocycles. The highest BCUT2D eigenvalue weighted by Crippen LogP contribution is 2.26. The zero-order chi connectivity index (χ0) is 12.3. The number of nitrogens with zero attached hydrogens (tertiary/aromatic N) is 1. The summed E-state index contributed by atoms with van der Waals surface area (Å²) in [6, 6.07) is 6.51. The Kier molecular flexibility index (Phi) is 3.78. The lowest BCUT2D eigenvalue weighted by molar-refractivity contribution is 0.756. The van der Waals surface area contributed by atoms with Crippen LogP contribution >= 0.6 is 0 Å². The van der Waals surface area contributed by atoms with Gasteiger partial charge in [-0.1, -0.05) is 24.3 Å². The lowest BCUT2D eigenvalue weighted by Crippen LogP contribution is -2.04. The summed E-state index contributed by atoms with van der Waals surface area (Å²) in [5, 5.41) is 0. The third kappa shape index (κ3) is 2.66. The van der Waals surface area contributed by atoms with Crippen molar-refractivity contribution in [1.29, 1.82) is 0 Å². The van der Waals surface area contributed by atoms with Gasteiger partial charge < -0.3 is 0 Å². The maximum Gasteiger partial charge on any atom is 0.0392 e. The van der Waals surface area contributed by atoms with Crippen molar-refractivity contribution in [2.75, 3.05) is 6.54 Å². The molecule has 1 nitrogen and oxygen atoms in total. The number of aryl methyl sites for hydroxylation is 2. The molecule has 0 saturated heterocycles. The zero-order valence-electron chi connectivity index (χ0n) is 11.1. The summed E-state index contributed by atoms with van der Waals surface area (Å²) in [7, 11) is 0. The summed E-state index contributed by atoms with van der Waals surface area (Å²) in [6.45, 7) is 7.50. The molecule has 0 fully saturated rings. The van der Waals surface area contributed by atoms with Crippen LogP contribution in [0.3, 0.4) is 0 Å². The molecule has 1 heterocycles. The number of aliphatic imine (C=N–C) groups is 1. The average Bonchev–Trinajstić information content (AvgIpc) is 2.27. The van der Waals surface area contributed by atoms with Crippen molar-refractivity contribution < 1.29 is 0 Å². The lowest BCUT2D eigenvalue weighted by atomic mass is 9.91. The van der Waals surface area contributed by atoms with E-state index in [4.69, 9.17) is 0 Å². The Morgan fingerprint density at radius 3 is 2.41 bits per heavy atom. The zero-order valence-corrected chi connectivity index (χ0v) is 11.1. The van der Waals surface area contributed by atoms with Crippen molar-refractivity contribution in [3.8, 4) is 0 Å². The van der Waals surface area contributed by atoms with Gasteiger partial charge in [0.1, 0.15) is 0 Å². The van der Waals surface area contributed by atoms with Gasteiger partial charge in [0, 0.05) is 12.3 Å². The van der Waals surface area contributed by atoms with Gasteiger partial charge in [0.2, 0.25) is 0 Å². The minimum Gasteiger partial charge on any atom is -0.289 e. The van der Waals surface area contributed by atoms with Crippen molar-refractivity contribution in [2.24, 2.45) is 4.99 Å². The first-order chi connectivity index (χ1) is 8.20. The Hall–Kier alpha value is -1.37. The van der Waals surface area contributed by atoms with Crippen LogP contribution < -0.4 is 0 Å². The van der Waals surface area contributed by atoms with E-state index in [0.717, 1.165) is 6.54 Å². The van der Waals surface area contributed by atoms with E-state index in [0.29, 0.717) is 0 Å². The van der Waals surface area contributed by atoms with E-state index < -0.39 is 0 Å². The second-order valence-corrected chi connectivity index (χ2v) is 4.85. The molecule has 0 aromatic heterocycles. The fourth-order valence-electron chi connectivity index (χ4n) is 2.50. The molecule has 17 heavy (non-hydrogen) atoms. The van der Waals surface area contributed by atoms with E-state index in [-0.39, 0.29) is 0 Å². The highest BCUT2D eigenvalue weighted by molar-refractivity contribution is 6.23. The van der Waals surface area contributed by atoms with Gasteiger partial charge in [-0.05, 0) is 62.3 Å². The molecule has 2 rings (SSSR count). The second kappa shape index (κ2) is 5.31. The Labute approximate surface area is 104 Å². The van der Waals surface area contributed by atoms with Gasteiger partial charge in [0.25, 0.3) is 0 Å². The van der Waals surface area contributed by atoms with Gasteiger partial charge in [-0.2, -0.15) is 0 Å². The van der Waals surface area contributed by atoms with E-state index in [2.05, 4.69) is 50.0 Å². The van der Waals surface area contributed by atoms with Crippen LogP contribution in [0.4, 0.5) is 0 Å². The van der Waals surface area contributed by atoms with Crippen LogP contribution in [0.2, 0.25) is 0 Å². The Morgan fingerprint density at radius 1 is 1.00 bits per heavy atom. The molecule has 1 aromatic rings. The van der Waals surface area contributed by atoms with Crippen LogP contribution in [0.5, 0.6) is 0 Å². The Balaban J connectivity index is 2.50. The molecule has 90 valence electrons. The quantitative estimate of drug-likeness (QED) is 0.677. The molecule has 1 heteroatoms. The number of hydrogen-bond acceptors (Lipinski definition) is 1. The van der Waals surface area contributed by atoms with Gasteiger partial charge >= 0.3 is 0 Å². The van der Waals surface area contributed by atoms with Crippen molar-refractivity contribution in [1.82, 2.24) is 0 Å². The SMILES string of the molecule is CC1=NCCCC/C=C\1c1c(C)cccc1C. The van der Waals surface area contributed by atoms with Crippen molar-refractivity contribution >= 4 is 11.3 Å². The molecular weight excluding hydrogens is 206 g/mol. The summed E-state index contributed by atoms with van der Waals surface area (Å²) < 4.78 is 0. The summed E-state index contributed by atoms with van der Waals surface area (Å²) in [5.41, 5.74) is 6.63. The van der Waals surface area contributed by atoms with Crippen molar-refractivity contribution in [3.63, 3.8) is 0 Å². The summed E-state index contributed by atoms with van der Waals surface area (Å²) in [4.78, 5) is 4.67. The third-order valence-corrected chi connectivity index (χ3v) is 3.45. The molecule has 0 unspecified atom stereocenters. The van der Waals surface area contributed by atoms with Crippen LogP contribution in [-0.4, -0.2) is 12.3 Å². The highest BCUT2D eigenvalue weighted by Gasteiger charge is 2.11. The lowest BCUT2D eigenvalue weighted by Gasteiger charge is -2.16. The monoisotopic (exact) mass is 227 g/mol. The summed E-state index contributed by atoms with van der Waals surface area (Å²) in [5.74, 6) is 0. The first kappa shape index (κ1) is 12.1. The topological polar surface area (TPSA) is 12.4 Å². The molecule has 0 bridgehead atoms. The molecule has 1 aliphatic heterocycles. The number of rotatable bonds is 1. The summed E-state index contributed by atoms with van der Waals surface area (Å²) >= 11 is 0. The first-order valence-corrected chi connectivity index (χ1v) is 6.48. The largest absolute Gasteiger partial charge is 0.289 e. The predicted octanol–water partition coefficient (Wildman–Crippen LogP) is 4.33. The van der Waals surface area contributed by atoms with E-state index in [1.165, 1.54) is 47.2 Å². The van der Waals surface area contributed by atoms with Crippen LogP contribution in [0.15, 0.2) is 29.3 Å². The first-order valence-electron chi connectivity index (χ1n) is 6.48. The average molecular weight is 227 g/mol. The number of allylic oxidation sites excluding steroid dienone is 2. The summed E-state index contributed by atoms with van der Waals surface area (Å²) in [6.07, 6.45) is 6.02. The number of benzene rings is 1. The van der Waals surface area contributed by atoms with E-state index in [1.54, 1.807) is 0 Å². The van der Waals surface area contributed by atoms with Gasteiger partial charge in [-0.15, -0.1) is 0 Å². The Morgan fingerprint density at radius 2 is 1.71 bits per heavy atom. The minimum absolute atomic E-state index is 0.980. The van der Waals surface area contributed by atoms with Crippen LogP contribution in [0.25, 0.3) is 5.57 Å². The number of hydrogen-bond donors (Lipinski definition) is 0. The fraction of sp³-hybridized carbons (Fsp3) is 0.438. The van der Waals surface area contributed by atoms with Gasteiger partial charge in [-0.3, -0.25) is 4.99 Å². The maximum atomic E-state index is 4.67. The molecule has 1 aliphatic rings. The third-order valence-electron chi connectivity index (χ3n) is 3.45. The van der Waals surface area contributed by atoms with Crippen LogP contribution in [0.1, 0.15) is 42.9 Å². The molecule has 0 N–H and O–H groups in total. The van der Waals surface area contributed by atoms with E-state index in [9.17, 15) is 0 Å². The fourth-order valence-corrected chi connectivity index (χ4v) is 2.50. The molecule has 0 atom stereocenters. The Bertz CT molecular complexity index is 446. The predicted molar refractivity (Wildman–Crippen MR) is 75.7 cm³/mol. The van der Waals surface area contributed by atoms with Gasteiger partial charge in [0.15, 0.2) is 0 Å². The minimum atomic E-state index is 0.980. The smallest absolute Gasteiger partial charge is 0.0392 e. The van der Waals surface area contributed by atoms with Gasteiger partial charge in [-0.25, -0.2) is 0 Å². The second-order valence-electron chi connectivity index (χ2n) is 4.85. The molecule has 0 radical (unpaired) electrons. The standard InChI is InChI=1S/C16H21N/c1-12-8-7-9-13(2)16(12)15-10-5-4-6-11-17-14(15)3/h7-10H,4-6,11H2,1-3H3/b15-10+,17-14?. The van der Waals surface area contributed by atoms with E-state index in [1.807, 2.05) is 0 Å². The molecule has 1 aromatic carbocycles. The van der Waals surface area contributed by atoms with Crippen molar-refractivity contribution in [3.05, 3.63) is 41.0 Å². The van der Waals surface area contributed by atoms with Gasteiger partial charge in [0.05, 0.1) is 0 Å². The van der Waals surface area contributed by atoms with E-state index >= 15 is 0 Å².